The van der Waals surface area contributed by atoms with Crippen LogP contribution in [0.5, 0.6) is 5.75 Å². The molecule has 0 fully saturated rings. The number of nitrogens with two attached hydrogens (primary N) is 1. The summed E-state index contributed by atoms with van der Waals surface area (Å²) in [4.78, 5) is 0. The van der Waals surface area contributed by atoms with Gasteiger partial charge >= 0.3 is 0 Å². The van der Waals surface area contributed by atoms with Crippen molar-refractivity contribution in [3.8, 4) is 5.75 Å². The monoisotopic (exact) mass is 222 g/mol. The number of methoxy groups -OCH3 is 1. The van der Waals surface area contributed by atoms with E-state index in [1.54, 1.807) is 7.11 Å². The summed E-state index contributed by atoms with van der Waals surface area (Å²) in [5.41, 5.74) is 4.27. The summed E-state index contributed by atoms with van der Waals surface area (Å²) in [5, 5.41) is 0. The van der Waals surface area contributed by atoms with E-state index in [2.05, 4.69) is 32.3 Å². The molecule has 1 unspecified atom stereocenters. The number of rotatable bonds is 4. The van der Waals surface area contributed by atoms with Crippen molar-refractivity contribution in [2.24, 2.45) is 11.3 Å². The predicted molar refractivity (Wildman–Crippen MR) is 67.1 cm³/mol. The first kappa shape index (κ1) is 13.0. The Morgan fingerprint density at radius 3 is 2.56 bits per heavy atom. The third-order valence-corrected chi connectivity index (χ3v) is 2.51. The van der Waals surface area contributed by atoms with Gasteiger partial charge in [-0.15, -0.1) is 0 Å². The van der Waals surface area contributed by atoms with Gasteiger partial charge < -0.3 is 4.74 Å². The molecule has 1 aromatic rings. The van der Waals surface area contributed by atoms with Crippen LogP contribution in [0, 0.1) is 5.41 Å². The summed E-state index contributed by atoms with van der Waals surface area (Å²) < 4.78 is 5.21. The van der Waals surface area contributed by atoms with E-state index in [0.29, 0.717) is 0 Å². The maximum atomic E-state index is 5.61. The van der Waals surface area contributed by atoms with Gasteiger partial charge in [0, 0.05) is 6.04 Å². The molecule has 0 aliphatic heterocycles. The van der Waals surface area contributed by atoms with Gasteiger partial charge in [-0.25, -0.2) is 0 Å². The lowest BCUT2D eigenvalue weighted by molar-refractivity contribution is 0.312. The van der Waals surface area contributed by atoms with E-state index in [4.69, 9.17) is 10.6 Å². The number of hydrogen-bond acceptors (Lipinski definition) is 3. The third-order valence-electron chi connectivity index (χ3n) is 2.51. The molecular formula is C13H22N2O. The number of benzene rings is 1. The lowest BCUT2D eigenvalue weighted by Gasteiger charge is -2.26. The van der Waals surface area contributed by atoms with E-state index >= 15 is 0 Å². The minimum absolute atomic E-state index is 0.162. The zero-order valence-corrected chi connectivity index (χ0v) is 10.6. The van der Waals surface area contributed by atoms with Crippen LogP contribution in [0.15, 0.2) is 24.3 Å². The van der Waals surface area contributed by atoms with Gasteiger partial charge in [-0.1, -0.05) is 32.9 Å². The molecule has 16 heavy (non-hydrogen) atoms. The molecule has 0 bridgehead atoms. The van der Waals surface area contributed by atoms with Gasteiger partial charge in [-0.05, 0) is 29.5 Å². The zero-order valence-electron chi connectivity index (χ0n) is 10.6. The summed E-state index contributed by atoms with van der Waals surface area (Å²) in [6, 6.07) is 8.18. The fourth-order valence-corrected chi connectivity index (χ4v) is 1.74. The first-order valence-corrected chi connectivity index (χ1v) is 5.56. The van der Waals surface area contributed by atoms with Crippen molar-refractivity contribution in [2.45, 2.75) is 33.2 Å². The van der Waals surface area contributed by atoms with Crippen molar-refractivity contribution in [2.75, 3.05) is 7.11 Å². The Balaban J connectivity index is 2.86. The molecule has 1 rings (SSSR count). The van der Waals surface area contributed by atoms with Crippen molar-refractivity contribution in [3.05, 3.63) is 29.8 Å². The van der Waals surface area contributed by atoms with Crippen LogP contribution in [0.2, 0.25) is 0 Å². The molecule has 0 spiro atoms. The first-order chi connectivity index (χ1) is 7.46. The van der Waals surface area contributed by atoms with E-state index < -0.39 is 0 Å². The molecule has 3 heteroatoms. The molecule has 0 aliphatic carbocycles. The van der Waals surface area contributed by atoms with E-state index in [9.17, 15) is 0 Å². The quantitative estimate of drug-likeness (QED) is 0.608. The standard InChI is InChI=1S/C13H22N2O/c1-13(2,3)9-12(15-14)10-6-5-7-11(8-10)16-4/h5-8,12,15H,9,14H2,1-4H3. The van der Waals surface area contributed by atoms with Crippen LogP contribution in [0.3, 0.4) is 0 Å². The summed E-state index contributed by atoms with van der Waals surface area (Å²) in [6.07, 6.45) is 0.983. The third kappa shape index (κ3) is 3.83. The lowest BCUT2D eigenvalue weighted by atomic mass is 9.86. The highest BCUT2D eigenvalue weighted by Crippen LogP contribution is 2.30. The van der Waals surface area contributed by atoms with Gasteiger partial charge in [0.2, 0.25) is 0 Å². The van der Waals surface area contributed by atoms with Crippen LogP contribution in [-0.4, -0.2) is 7.11 Å². The van der Waals surface area contributed by atoms with Gasteiger partial charge in [0.05, 0.1) is 7.11 Å². The van der Waals surface area contributed by atoms with Crippen LogP contribution in [0.25, 0.3) is 0 Å². The number of ether oxygens (including phenoxy) is 1. The Morgan fingerprint density at radius 1 is 1.38 bits per heavy atom. The van der Waals surface area contributed by atoms with Gasteiger partial charge in [0.25, 0.3) is 0 Å². The zero-order chi connectivity index (χ0) is 12.2. The second-order valence-corrected chi connectivity index (χ2v) is 5.26. The Kier molecular flexibility index (Phi) is 4.33. The second kappa shape index (κ2) is 5.32. The Labute approximate surface area is 98.0 Å². The Hall–Kier alpha value is -1.06. The summed E-state index contributed by atoms with van der Waals surface area (Å²) in [6.45, 7) is 6.62. The molecule has 90 valence electrons. The van der Waals surface area contributed by atoms with Gasteiger partial charge in [-0.2, -0.15) is 0 Å². The highest BCUT2D eigenvalue weighted by molar-refractivity contribution is 5.30. The van der Waals surface area contributed by atoms with Crippen LogP contribution in [-0.2, 0) is 0 Å². The minimum Gasteiger partial charge on any atom is -0.497 e. The maximum absolute atomic E-state index is 5.61. The average molecular weight is 222 g/mol. The van der Waals surface area contributed by atoms with Crippen LogP contribution in [0.1, 0.15) is 38.8 Å². The van der Waals surface area contributed by atoms with Gasteiger partial charge in [0.1, 0.15) is 5.75 Å². The second-order valence-electron chi connectivity index (χ2n) is 5.26. The highest BCUT2D eigenvalue weighted by Gasteiger charge is 2.19. The fraction of sp³-hybridized carbons (Fsp3) is 0.538. The molecule has 0 saturated heterocycles. The summed E-state index contributed by atoms with van der Waals surface area (Å²) in [5.74, 6) is 6.48. The minimum atomic E-state index is 0.162. The van der Waals surface area contributed by atoms with Crippen molar-refractivity contribution in [1.29, 1.82) is 0 Å². The molecule has 0 saturated carbocycles. The molecule has 0 amide bonds. The molecule has 0 aliphatic rings. The normalized spacial score (nSPS) is 13.6. The molecule has 1 aromatic carbocycles. The molecule has 0 radical (unpaired) electrons. The maximum Gasteiger partial charge on any atom is 0.119 e. The average Bonchev–Trinajstić information content (AvgIpc) is 2.25. The van der Waals surface area contributed by atoms with E-state index in [1.165, 1.54) is 0 Å². The molecule has 0 aromatic heterocycles. The van der Waals surface area contributed by atoms with E-state index in [1.807, 2.05) is 18.2 Å². The van der Waals surface area contributed by atoms with Crippen LogP contribution in [0.4, 0.5) is 0 Å². The number of hydrogen-bond donors (Lipinski definition) is 2. The molecule has 0 heterocycles. The lowest BCUT2D eigenvalue weighted by Crippen LogP contribution is -2.31. The Bertz CT molecular complexity index is 331. The van der Waals surface area contributed by atoms with Gasteiger partial charge in [0.15, 0.2) is 0 Å². The predicted octanol–water partition coefficient (Wildman–Crippen LogP) is 2.64. The van der Waals surface area contributed by atoms with Crippen LogP contribution < -0.4 is 16.0 Å². The fourth-order valence-electron chi connectivity index (χ4n) is 1.74. The molecule has 1 atom stereocenters. The van der Waals surface area contributed by atoms with Crippen molar-refractivity contribution in [3.63, 3.8) is 0 Å². The van der Waals surface area contributed by atoms with Gasteiger partial charge in [-0.3, -0.25) is 11.3 Å². The van der Waals surface area contributed by atoms with E-state index in [-0.39, 0.29) is 11.5 Å². The van der Waals surface area contributed by atoms with Crippen molar-refractivity contribution in [1.82, 2.24) is 5.43 Å². The first-order valence-electron chi connectivity index (χ1n) is 5.56. The molecule has 3 N–H and O–H groups in total. The molecular weight excluding hydrogens is 200 g/mol. The largest absolute Gasteiger partial charge is 0.497 e. The smallest absolute Gasteiger partial charge is 0.119 e. The SMILES string of the molecule is COc1cccc(C(CC(C)(C)C)NN)c1. The summed E-state index contributed by atoms with van der Waals surface area (Å²) >= 11 is 0. The topological polar surface area (TPSA) is 47.3 Å². The summed E-state index contributed by atoms with van der Waals surface area (Å²) in [7, 11) is 1.67. The van der Waals surface area contributed by atoms with Crippen molar-refractivity contribution >= 4 is 0 Å². The highest BCUT2D eigenvalue weighted by atomic mass is 16.5. The van der Waals surface area contributed by atoms with E-state index in [0.717, 1.165) is 17.7 Å². The van der Waals surface area contributed by atoms with Crippen molar-refractivity contribution < 1.29 is 4.74 Å². The Morgan fingerprint density at radius 2 is 2.06 bits per heavy atom. The molecule has 3 nitrogen and oxygen atoms in total. The van der Waals surface area contributed by atoms with Crippen LogP contribution >= 0.6 is 0 Å². The number of hydrazine groups is 1. The number of nitrogens with one attached hydrogen (secondary N) is 1.